The Labute approximate surface area is 216 Å². The Bertz CT molecular complexity index is 1580. The molecule has 5 aromatic rings. The third kappa shape index (κ3) is 5.29. The lowest BCUT2D eigenvalue weighted by Crippen LogP contribution is -2.08. The molecule has 0 fully saturated rings. The topological polar surface area (TPSA) is 108 Å². The second-order valence-electron chi connectivity index (χ2n) is 7.78. The van der Waals surface area contributed by atoms with Crippen LogP contribution in [0.2, 0.25) is 5.02 Å². The molecule has 37 heavy (non-hydrogen) atoms. The first kappa shape index (κ1) is 24.0. The molecule has 5 rings (SSSR count). The van der Waals surface area contributed by atoms with Crippen LogP contribution in [0.4, 0.5) is 16.0 Å². The summed E-state index contributed by atoms with van der Waals surface area (Å²) < 4.78 is 20.3. The van der Waals surface area contributed by atoms with Gasteiger partial charge in [-0.25, -0.2) is 18.9 Å². The maximum absolute atomic E-state index is 13.6. The van der Waals surface area contributed by atoms with Crippen LogP contribution in [-0.4, -0.2) is 42.3 Å². The van der Waals surface area contributed by atoms with Crippen LogP contribution in [0.15, 0.2) is 79.8 Å². The lowest BCUT2D eigenvalue weighted by molar-refractivity contribution is 0.0526. The summed E-state index contributed by atoms with van der Waals surface area (Å²) >= 11 is 5.92. The number of anilines is 2. The van der Waals surface area contributed by atoms with Gasteiger partial charge in [0.25, 0.3) is 0 Å². The molecule has 0 atom stereocenters. The second-order valence-corrected chi connectivity index (χ2v) is 8.18. The quantitative estimate of drug-likeness (QED) is 0.283. The van der Waals surface area contributed by atoms with Gasteiger partial charge in [-0.1, -0.05) is 11.6 Å². The number of nitrogens with one attached hydrogen (secondary N) is 1. The first-order valence-corrected chi connectivity index (χ1v) is 11.6. The molecule has 4 heterocycles. The second kappa shape index (κ2) is 10.5. The molecule has 0 saturated carbocycles. The number of carbonyl (C=O) groups excluding carboxylic acids is 1. The Morgan fingerprint density at radius 3 is 2.65 bits per heavy atom. The molecular formula is C26H19ClFN7O2. The van der Waals surface area contributed by atoms with E-state index in [4.69, 9.17) is 16.3 Å². The lowest BCUT2D eigenvalue weighted by atomic mass is 10.1. The molecule has 4 aromatic heterocycles. The molecule has 9 nitrogen and oxygen atoms in total. The first-order chi connectivity index (χ1) is 18.0. The van der Waals surface area contributed by atoms with Gasteiger partial charge in [-0.3, -0.25) is 9.97 Å². The third-order valence-corrected chi connectivity index (χ3v) is 5.61. The fraction of sp³-hybridized carbons (Fsp3) is 0.0769. The summed E-state index contributed by atoms with van der Waals surface area (Å²) in [5.74, 6) is -0.353. The zero-order chi connectivity index (χ0) is 25.8. The minimum Gasteiger partial charge on any atom is -0.462 e. The number of rotatable bonds is 7. The van der Waals surface area contributed by atoms with Crippen molar-refractivity contribution < 1.29 is 13.9 Å². The molecule has 11 heteroatoms. The largest absolute Gasteiger partial charge is 0.462 e. The van der Waals surface area contributed by atoms with Gasteiger partial charge < -0.3 is 10.1 Å². The van der Waals surface area contributed by atoms with Gasteiger partial charge in [0.05, 0.1) is 23.4 Å². The summed E-state index contributed by atoms with van der Waals surface area (Å²) in [6, 6.07) is 9.63. The Kier molecular flexibility index (Phi) is 6.82. The summed E-state index contributed by atoms with van der Waals surface area (Å²) in [6.45, 7) is 1.98. The van der Waals surface area contributed by atoms with Gasteiger partial charge in [0, 0.05) is 59.6 Å². The first-order valence-electron chi connectivity index (χ1n) is 11.2. The number of hydrogen-bond acceptors (Lipinski definition) is 8. The van der Waals surface area contributed by atoms with Gasteiger partial charge in [0.15, 0.2) is 5.82 Å². The summed E-state index contributed by atoms with van der Waals surface area (Å²) in [5.41, 5.74) is 3.76. The number of ether oxygens (including phenoxy) is 1. The van der Waals surface area contributed by atoms with E-state index in [9.17, 15) is 9.18 Å². The molecule has 0 bridgehead atoms. The number of esters is 1. The van der Waals surface area contributed by atoms with Crippen molar-refractivity contribution >= 4 is 29.2 Å². The van der Waals surface area contributed by atoms with E-state index in [0.29, 0.717) is 28.2 Å². The van der Waals surface area contributed by atoms with Crippen molar-refractivity contribution in [2.45, 2.75) is 6.92 Å². The highest BCUT2D eigenvalue weighted by Gasteiger charge is 2.17. The molecule has 0 spiro atoms. The van der Waals surface area contributed by atoms with Gasteiger partial charge in [-0.15, -0.1) is 0 Å². The van der Waals surface area contributed by atoms with E-state index < -0.39 is 11.8 Å². The molecular weight excluding hydrogens is 497 g/mol. The number of carbonyl (C=O) groups is 1. The van der Waals surface area contributed by atoms with Crippen molar-refractivity contribution in [1.82, 2.24) is 29.7 Å². The highest BCUT2D eigenvalue weighted by Crippen LogP contribution is 2.29. The number of halogens is 2. The molecule has 184 valence electrons. The predicted molar refractivity (Wildman–Crippen MR) is 136 cm³/mol. The minimum atomic E-state index is -0.529. The van der Waals surface area contributed by atoms with Crippen LogP contribution in [0.1, 0.15) is 17.3 Å². The van der Waals surface area contributed by atoms with Gasteiger partial charge in [0.1, 0.15) is 5.82 Å². The van der Waals surface area contributed by atoms with Crippen LogP contribution >= 0.6 is 11.6 Å². The number of aromatic nitrogens is 6. The normalized spacial score (nSPS) is 10.8. The van der Waals surface area contributed by atoms with E-state index in [0.717, 1.165) is 11.1 Å². The van der Waals surface area contributed by atoms with Crippen LogP contribution in [-0.2, 0) is 4.74 Å². The van der Waals surface area contributed by atoms with Crippen molar-refractivity contribution in [3.8, 4) is 28.1 Å². The van der Waals surface area contributed by atoms with Crippen molar-refractivity contribution in [2.24, 2.45) is 0 Å². The van der Waals surface area contributed by atoms with E-state index in [2.05, 4.69) is 30.4 Å². The van der Waals surface area contributed by atoms with Gasteiger partial charge in [-0.2, -0.15) is 10.1 Å². The molecule has 0 amide bonds. The van der Waals surface area contributed by atoms with Crippen LogP contribution in [0.5, 0.6) is 0 Å². The van der Waals surface area contributed by atoms with Gasteiger partial charge >= 0.3 is 5.97 Å². The maximum Gasteiger partial charge on any atom is 0.339 e. The van der Waals surface area contributed by atoms with E-state index in [1.165, 1.54) is 24.4 Å². The van der Waals surface area contributed by atoms with Crippen molar-refractivity contribution in [1.29, 1.82) is 0 Å². The Hall–Kier alpha value is -4.70. The van der Waals surface area contributed by atoms with Crippen LogP contribution in [0.25, 0.3) is 28.1 Å². The Morgan fingerprint density at radius 2 is 1.86 bits per heavy atom. The summed E-state index contributed by atoms with van der Waals surface area (Å²) in [4.78, 5) is 29.6. The molecule has 0 saturated heterocycles. The van der Waals surface area contributed by atoms with Crippen LogP contribution in [0.3, 0.4) is 0 Å². The fourth-order valence-corrected chi connectivity index (χ4v) is 3.74. The van der Waals surface area contributed by atoms with E-state index >= 15 is 0 Å². The fourth-order valence-electron chi connectivity index (χ4n) is 3.56. The standard InChI is InChI=1S/C26H19ClFN7O2/c1-2-37-25(36)18-9-17(11-30-12-18)21-14-31-26(33-20-3-4-23(28)22(27)10-20)34-24(21)35-15-19(13-32-35)16-5-7-29-8-6-16/h3-15H,2H2,1H3,(H,31,33,34). The zero-order valence-corrected chi connectivity index (χ0v) is 20.2. The number of hydrogen-bond donors (Lipinski definition) is 1. The summed E-state index contributed by atoms with van der Waals surface area (Å²) in [5, 5.41) is 7.51. The molecule has 0 aliphatic rings. The molecule has 0 radical (unpaired) electrons. The van der Waals surface area contributed by atoms with Crippen LogP contribution in [0, 0.1) is 5.82 Å². The molecule has 0 unspecified atom stereocenters. The molecule has 1 aromatic carbocycles. The highest BCUT2D eigenvalue weighted by molar-refractivity contribution is 6.31. The van der Waals surface area contributed by atoms with E-state index in [1.54, 1.807) is 48.7 Å². The zero-order valence-electron chi connectivity index (χ0n) is 19.5. The monoisotopic (exact) mass is 515 g/mol. The Morgan fingerprint density at radius 1 is 1.03 bits per heavy atom. The highest BCUT2D eigenvalue weighted by atomic mass is 35.5. The average Bonchev–Trinajstić information content (AvgIpc) is 3.42. The van der Waals surface area contributed by atoms with Crippen molar-refractivity contribution in [2.75, 3.05) is 11.9 Å². The number of nitrogens with zero attached hydrogens (tertiary/aromatic N) is 6. The summed E-state index contributed by atoms with van der Waals surface area (Å²) in [7, 11) is 0. The molecule has 0 aliphatic heterocycles. The lowest BCUT2D eigenvalue weighted by Gasteiger charge is -2.12. The van der Waals surface area contributed by atoms with Gasteiger partial charge in [0.2, 0.25) is 5.95 Å². The number of pyridine rings is 2. The maximum atomic E-state index is 13.6. The average molecular weight is 516 g/mol. The van der Waals surface area contributed by atoms with E-state index in [-0.39, 0.29) is 17.6 Å². The van der Waals surface area contributed by atoms with Crippen molar-refractivity contribution in [3.05, 3.63) is 96.2 Å². The minimum absolute atomic E-state index is 0.0298. The van der Waals surface area contributed by atoms with E-state index in [1.807, 2.05) is 18.3 Å². The Balaban J connectivity index is 1.59. The van der Waals surface area contributed by atoms with Crippen LogP contribution < -0.4 is 5.32 Å². The predicted octanol–water partition coefficient (Wildman–Crippen LogP) is 5.50. The number of benzene rings is 1. The van der Waals surface area contributed by atoms with Gasteiger partial charge in [-0.05, 0) is 48.9 Å². The smallest absolute Gasteiger partial charge is 0.339 e. The summed E-state index contributed by atoms with van der Waals surface area (Å²) in [6.07, 6.45) is 11.6. The molecule has 1 N–H and O–H groups in total. The third-order valence-electron chi connectivity index (χ3n) is 5.32. The van der Waals surface area contributed by atoms with Crippen molar-refractivity contribution in [3.63, 3.8) is 0 Å². The SMILES string of the molecule is CCOC(=O)c1cncc(-c2cnc(Nc3ccc(F)c(Cl)c3)nc2-n2cc(-c3ccncc3)cn2)c1. The molecule has 0 aliphatic carbocycles.